The number of hydrogen-bond acceptors (Lipinski definition) is 5. The Bertz CT molecular complexity index is 1820. The predicted molar refractivity (Wildman–Crippen MR) is 145 cm³/mol. The van der Waals surface area contributed by atoms with Crippen molar-refractivity contribution >= 4 is 28.4 Å². The van der Waals surface area contributed by atoms with Crippen LogP contribution in [0.15, 0.2) is 60.8 Å². The molecule has 6 rings (SSSR count). The van der Waals surface area contributed by atoms with Crippen LogP contribution in [-0.2, 0) is 19.4 Å². The SMILES string of the molecule is CN(C)C(=O)c1cc(F)c(Nc2nccc(-c3cc4c5c(c3)c(O)c(Cc3ccccc3F)n5CC4)n2)cc1F. The van der Waals surface area contributed by atoms with Gasteiger partial charge in [0.05, 0.1) is 28.2 Å². The number of aromatic nitrogens is 3. The Labute approximate surface area is 227 Å². The fourth-order valence-electron chi connectivity index (χ4n) is 5.18. The maximum Gasteiger partial charge on any atom is 0.256 e. The normalized spacial score (nSPS) is 12.2. The summed E-state index contributed by atoms with van der Waals surface area (Å²) in [7, 11) is 2.90. The lowest BCUT2D eigenvalue weighted by atomic mass is 10.0. The highest BCUT2D eigenvalue weighted by Crippen LogP contribution is 2.41. The molecular formula is C30H24F3N5O2. The molecule has 0 saturated heterocycles. The summed E-state index contributed by atoms with van der Waals surface area (Å²) in [5, 5.41) is 14.5. The van der Waals surface area contributed by atoms with E-state index in [0.29, 0.717) is 34.4 Å². The number of anilines is 2. The minimum atomic E-state index is -0.876. The van der Waals surface area contributed by atoms with Gasteiger partial charge in [-0.25, -0.2) is 23.1 Å². The van der Waals surface area contributed by atoms with Gasteiger partial charge in [-0.3, -0.25) is 4.79 Å². The van der Waals surface area contributed by atoms with Crippen molar-refractivity contribution in [3.8, 4) is 17.0 Å². The summed E-state index contributed by atoms with van der Waals surface area (Å²) in [6.45, 7) is 0.660. The van der Waals surface area contributed by atoms with Crippen LogP contribution in [0.25, 0.3) is 22.2 Å². The number of aryl methyl sites for hydroxylation is 2. The number of nitrogens with zero attached hydrogens (tertiary/aromatic N) is 4. The number of nitrogens with one attached hydrogen (secondary N) is 1. The van der Waals surface area contributed by atoms with Gasteiger partial charge in [-0.1, -0.05) is 18.2 Å². The number of aromatic hydroxyl groups is 1. The Hall–Kier alpha value is -4.86. The van der Waals surface area contributed by atoms with Gasteiger partial charge in [-0.2, -0.15) is 0 Å². The van der Waals surface area contributed by atoms with Crippen LogP contribution in [0.1, 0.15) is 27.2 Å². The second-order valence-electron chi connectivity index (χ2n) is 9.90. The third kappa shape index (κ3) is 4.31. The van der Waals surface area contributed by atoms with Crippen LogP contribution in [0, 0.1) is 17.5 Å². The van der Waals surface area contributed by atoms with Crippen molar-refractivity contribution in [2.45, 2.75) is 19.4 Å². The smallest absolute Gasteiger partial charge is 0.256 e. The number of carbonyl (C=O) groups excluding carboxylic acids is 1. The highest BCUT2D eigenvalue weighted by molar-refractivity contribution is 5.96. The van der Waals surface area contributed by atoms with E-state index in [4.69, 9.17) is 0 Å². The Kier molecular flexibility index (Phi) is 6.17. The van der Waals surface area contributed by atoms with Crippen molar-refractivity contribution in [3.05, 3.63) is 101 Å². The molecule has 1 amide bonds. The molecule has 202 valence electrons. The van der Waals surface area contributed by atoms with Crippen LogP contribution in [0.5, 0.6) is 5.75 Å². The minimum Gasteiger partial charge on any atom is -0.505 e. The van der Waals surface area contributed by atoms with Gasteiger partial charge in [0, 0.05) is 50.3 Å². The maximum absolute atomic E-state index is 14.8. The Morgan fingerprint density at radius 1 is 1.05 bits per heavy atom. The Morgan fingerprint density at radius 2 is 1.85 bits per heavy atom. The molecule has 1 aliphatic heterocycles. The van der Waals surface area contributed by atoms with E-state index in [0.717, 1.165) is 34.5 Å². The summed E-state index contributed by atoms with van der Waals surface area (Å²) >= 11 is 0. The monoisotopic (exact) mass is 543 g/mol. The van der Waals surface area contributed by atoms with E-state index in [1.807, 2.05) is 16.7 Å². The minimum absolute atomic E-state index is 0.0287. The van der Waals surface area contributed by atoms with Gasteiger partial charge in [-0.15, -0.1) is 0 Å². The van der Waals surface area contributed by atoms with Gasteiger partial charge in [0.25, 0.3) is 5.91 Å². The molecule has 1 aliphatic rings. The fourth-order valence-corrected chi connectivity index (χ4v) is 5.18. The molecule has 0 saturated carbocycles. The van der Waals surface area contributed by atoms with Crippen LogP contribution in [-0.4, -0.2) is 44.5 Å². The molecular weight excluding hydrogens is 519 g/mol. The number of hydrogen-bond donors (Lipinski definition) is 2. The van der Waals surface area contributed by atoms with E-state index >= 15 is 0 Å². The van der Waals surface area contributed by atoms with Gasteiger partial charge in [0.1, 0.15) is 23.2 Å². The van der Waals surface area contributed by atoms with Crippen LogP contribution in [0.2, 0.25) is 0 Å². The van der Waals surface area contributed by atoms with E-state index in [9.17, 15) is 23.1 Å². The first-order valence-corrected chi connectivity index (χ1v) is 12.6. The molecule has 0 spiro atoms. The molecule has 0 unspecified atom stereocenters. The molecule has 3 heterocycles. The average Bonchev–Trinajstić information content (AvgIpc) is 3.48. The lowest BCUT2D eigenvalue weighted by molar-refractivity contribution is 0.0822. The zero-order chi connectivity index (χ0) is 28.1. The molecule has 0 radical (unpaired) electrons. The summed E-state index contributed by atoms with van der Waals surface area (Å²) < 4.78 is 45.7. The largest absolute Gasteiger partial charge is 0.505 e. The van der Waals surface area contributed by atoms with E-state index in [2.05, 4.69) is 15.3 Å². The topological polar surface area (TPSA) is 83.3 Å². The standard InChI is InChI=1S/C30H24F3N5O2/c1-37(2)29(40)19-14-23(33)25(15-22(19)32)36-30-34-9-7-24(35-30)18-11-17-8-10-38-26(28(39)20(12-18)27(17)38)13-16-5-3-4-6-21(16)31/h3-7,9,11-12,14-15,39H,8,10,13H2,1-2H3,(H,34,35,36). The number of carbonyl (C=O) groups is 1. The fraction of sp³-hybridized carbons (Fsp3) is 0.167. The molecule has 10 heteroatoms. The predicted octanol–water partition coefficient (Wildman–Crippen LogP) is 5.81. The number of benzene rings is 3. The van der Waals surface area contributed by atoms with E-state index in [1.165, 1.54) is 26.4 Å². The third-order valence-corrected chi connectivity index (χ3v) is 7.12. The van der Waals surface area contributed by atoms with E-state index in [1.54, 1.807) is 24.3 Å². The van der Waals surface area contributed by atoms with Crippen molar-refractivity contribution < 1.29 is 23.1 Å². The number of halogens is 3. The molecule has 2 aromatic heterocycles. The van der Waals surface area contributed by atoms with E-state index in [-0.39, 0.29) is 35.2 Å². The zero-order valence-electron chi connectivity index (χ0n) is 21.7. The quantitative estimate of drug-likeness (QED) is 0.282. The number of amides is 1. The van der Waals surface area contributed by atoms with Crippen molar-refractivity contribution in [2.75, 3.05) is 19.4 Å². The molecule has 3 aromatic carbocycles. The molecule has 0 aliphatic carbocycles. The Morgan fingerprint density at radius 3 is 2.62 bits per heavy atom. The molecule has 0 fully saturated rings. The zero-order valence-corrected chi connectivity index (χ0v) is 21.7. The first kappa shape index (κ1) is 25.4. The van der Waals surface area contributed by atoms with Crippen molar-refractivity contribution in [1.82, 2.24) is 19.4 Å². The van der Waals surface area contributed by atoms with Gasteiger partial charge in [-0.05, 0) is 47.9 Å². The first-order chi connectivity index (χ1) is 19.2. The lowest BCUT2D eigenvalue weighted by Crippen LogP contribution is -2.23. The summed E-state index contributed by atoms with van der Waals surface area (Å²) in [6, 6.07) is 13.7. The summed E-state index contributed by atoms with van der Waals surface area (Å²) in [4.78, 5) is 21.9. The van der Waals surface area contributed by atoms with Crippen LogP contribution < -0.4 is 5.32 Å². The van der Waals surface area contributed by atoms with Gasteiger partial charge in [0.2, 0.25) is 5.95 Å². The molecule has 2 N–H and O–H groups in total. The van der Waals surface area contributed by atoms with Crippen molar-refractivity contribution in [2.24, 2.45) is 0 Å². The lowest BCUT2D eigenvalue weighted by Gasteiger charge is -2.13. The molecule has 7 nitrogen and oxygen atoms in total. The Balaban J connectivity index is 1.34. The van der Waals surface area contributed by atoms with Crippen molar-refractivity contribution in [1.29, 1.82) is 0 Å². The third-order valence-electron chi connectivity index (χ3n) is 7.12. The van der Waals surface area contributed by atoms with Gasteiger partial charge >= 0.3 is 0 Å². The highest BCUT2D eigenvalue weighted by Gasteiger charge is 2.25. The molecule has 5 aromatic rings. The molecule has 0 atom stereocenters. The van der Waals surface area contributed by atoms with Gasteiger partial charge < -0.3 is 19.9 Å². The van der Waals surface area contributed by atoms with Crippen LogP contribution in [0.4, 0.5) is 24.8 Å². The maximum atomic E-state index is 14.8. The summed E-state index contributed by atoms with van der Waals surface area (Å²) in [5.74, 6) is -2.56. The van der Waals surface area contributed by atoms with E-state index < -0.39 is 17.5 Å². The summed E-state index contributed by atoms with van der Waals surface area (Å²) in [6.07, 6.45) is 2.48. The molecule has 0 bridgehead atoms. The number of rotatable bonds is 6. The second-order valence-corrected chi connectivity index (χ2v) is 9.90. The second kappa shape index (κ2) is 9.71. The van der Waals surface area contributed by atoms with Crippen molar-refractivity contribution in [3.63, 3.8) is 0 Å². The average molecular weight is 544 g/mol. The first-order valence-electron chi connectivity index (χ1n) is 12.6. The highest BCUT2D eigenvalue weighted by atomic mass is 19.1. The van der Waals surface area contributed by atoms with Crippen LogP contribution >= 0.6 is 0 Å². The molecule has 40 heavy (non-hydrogen) atoms. The van der Waals surface area contributed by atoms with Crippen LogP contribution in [0.3, 0.4) is 0 Å². The summed E-state index contributed by atoms with van der Waals surface area (Å²) in [5.41, 5.74) is 3.69. The van der Waals surface area contributed by atoms with Gasteiger partial charge in [0.15, 0.2) is 0 Å².